The van der Waals surface area contributed by atoms with Gasteiger partial charge in [-0.1, -0.05) is 49.2 Å². The molecule has 2 aromatic rings. The molecule has 0 atom stereocenters. The van der Waals surface area contributed by atoms with Crippen molar-refractivity contribution in [1.29, 1.82) is 0 Å². The van der Waals surface area contributed by atoms with Crippen molar-refractivity contribution in [1.82, 2.24) is 0 Å². The van der Waals surface area contributed by atoms with Crippen LogP contribution in [0.4, 0.5) is 0 Å². The Morgan fingerprint density at radius 2 is 1.50 bits per heavy atom. The second-order valence-corrected chi connectivity index (χ2v) is 4.84. The van der Waals surface area contributed by atoms with E-state index >= 15 is 0 Å². The minimum atomic E-state index is 1.27. The Morgan fingerprint density at radius 1 is 0.688 bits per heavy atom. The largest absolute Gasteiger partial charge is 0.0616 e. The van der Waals surface area contributed by atoms with Gasteiger partial charge < -0.3 is 0 Å². The third kappa shape index (κ3) is 1.73. The van der Waals surface area contributed by atoms with E-state index in [0.717, 1.165) is 0 Å². The molecule has 1 aliphatic rings. The predicted octanol–water partition coefficient (Wildman–Crippen LogP) is 4.50. The van der Waals surface area contributed by atoms with Gasteiger partial charge in [0, 0.05) is 0 Å². The van der Waals surface area contributed by atoms with Gasteiger partial charge in [0.1, 0.15) is 0 Å². The first-order chi connectivity index (χ1) is 7.95. The van der Waals surface area contributed by atoms with Crippen LogP contribution in [-0.2, 0) is 12.8 Å². The molecule has 0 radical (unpaired) electrons. The quantitative estimate of drug-likeness (QED) is 0.600. The molecule has 0 bridgehead atoms. The van der Waals surface area contributed by atoms with Gasteiger partial charge in [-0.25, -0.2) is 0 Å². The molecule has 0 spiro atoms. The minimum absolute atomic E-state index is 1.27. The summed E-state index contributed by atoms with van der Waals surface area (Å²) in [5.74, 6) is 0. The van der Waals surface area contributed by atoms with Crippen LogP contribution < -0.4 is 0 Å². The summed E-state index contributed by atoms with van der Waals surface area (Å²) in [7, 11) is 0. The van der Waals surface area contributed by atoms with E-state index in [0.29, 0.717) is 0 Å². The molecule has 0 unspecified atom stereocenters. The van der Waals surface area contributed by atoms with Crippen LogP contribution in [0.1, 0.15) is 36.8 Å². The Labute approximate surface area is 97.3 Å². The highest BCUT2D eigenvalue weighted by Gasteiger charge is 2.09. The van der Waals surface area contributed by atoms with Gasteiger partial charge in [0.05, 0.1) is 0 Å². The van der Waals surface area contributed by atoms with E-state index in [1.807, 2.05) is 0 Å². The molecular formula is C16H18. The lowest BCUT2D eigenvalue weighted by Crippen LogP contribution is -2.00. The van der Waals surface area contributed by atoms with E-state index in [4.69, 9.17) is 0 Å². The molecule has 0 saturated carbocycles. The van der Waals surface area contributed by atoms with Gasteiger partial charge in [-0.15, -0.1) is 0 Å². The van der Waals surface area contributed by atoms with Crippen molar-refractivity contribution in [2.24, 2.45) is 0 Å². The SMILES string of the molecule is c1ccc2c3c(ccc2c1)CCCCCC3. The average Bonchev–Trinajstić information content (AvgIpc) is 2.29. The van der Waals surface area contributed by atoms with Crippen LogP contribution >= 0.6 is 0 Å². The Bertz CT molecular complexity index is 496. The highest BCUT2D eigenvalue weighted by atomic mass is 14.1. The van der Waals surface area contributed by atoms with Crippen LogP contribution in [-0.4, -0.2) is 0 Å². The fraction of sp³-hybridized carbons (Fsp3) is 0.375. The van der Waals surface area contributed by atoms with Crippen molar-refractivity contribution in [3.8, 4) is 0 Å². The van der Waals surface area contributed by atoms with Crippen molar-refractivity contribution < 1.29 is 0 Å². The summed E-state index contributed by atoms with van der Waals surface area (Å²) in [5.41, 5.74) is 3.22. The Morgan fingerprint density at radius 3 is 2.44 bits per heavy atom. The topological polar surface area (TPSA) is 0 Å². The molecule has 0 aromatic heterocycles. The van der Waals surface area contributed by atoms with Crippen molar-refractivity contribution >= 4 is 10.8 Å². The van der Waals surface area contributed by atoms with E-state index in [9.17, 15) is 0 Å². The highest BCUT2D eigenvalue weighted by molar-refractivity contribution is 5.86. The van der Waals surface area contributed by atoms with Gasteiger partial charge in [-0.2, -0.15) is 0 Å². The molecule has 1 aliphatic carbocycles. The van der Waals surface area contributed by atoms with E-state index < -0.39 is 0 Å². The summed E-state index contributed by atoms with van der Waals surface area (Å²) in [6.45, 7) is 0. The third-order valence-electron chi connectivity index (χ3n) is 3.76. The van der Waals surface area contributed by atoms with Crippen molar-refractivity contribution in [2.45, 2.75) is 38.5 Å². The fourth-order valence-electron chi connectivity index (χ4n) is 2.88. The number of hydrogen-bond donors (Lipinski definition) is 0. The number of benzene rings is 2. The first-order valence-electron chi connectivity index (χ1n) is 6.45. The van der Waals surface area contributed by atoms with Gasteiger partial charge in [-0.05, 0) is 47.6 Å². The average molecular weight is 210 g/mol. The van der Waals surface area contributed by atoms with Crippen LogP contribution in [0.2, 0.25) is 0 Å². The molecule has 0 fully saturated rings. The lowest BCUT2D eigenvalue weighted by Gasteiger charge is -2.16. The predicted molar refractivity (Wildman–Crippen MR) is 69.8 cm³/mol. The maximum absolute atomic E-state index is 2.35. The first kappa shape index (κ1) is 9.89. The van der Waals surface area contributed by atoms with Crippen LogP contribution in [0.3, 0.4) is 0 Å². The maximum Gasteiger partial charge on any atom is -0.0149 e. The number of fused-ring (bicyclic) bond motifs is 3. The maximum atomic E-state index is 2.35. The summed E-state index contributed by atoms with van der Waals surface area (Å²) in [6, 6.07) is 13.5. The van der Waals surface area contributed by atoms with Crippen molar-refractivity contribution in [3.05, 3.63) is 47.5 Å². The summed E-state index contributed by atoms with van der Waals surface area (Å²) < 4.78 is 0. The number of aryl methyl sites for hydroxylation is 2. The van der Waals surface area contributed by atoms with Gasteiger partial charge in [-0.3, -0.25) is 0 Å². The lowest BCUT2D eigenvalue weighted by molar-refractivity contribution is 0.619. The summed E-state index contributed by atoms with van der Waals surface area (Å²) in [6.07, 6.45) is 8.10. The smallest absolute Gasteiger partial charge is 0.0149 e. The van der Waals surface area contributed by atoms with Crippen LogP contribution in [0.25, 0.3) is 10.8 Å². The van der Waals surface area contributed by atoms with Gasteiger partial charge in [0.2, 0.25) is 0 Å². The molecule has 0 amide bonds. The van der Waals surface area contributed by atoms with Gasteiger partial charge in [0.15, 0.2) is 0 Å². The van der Waals surface area contributed by atoms with E-state index in [1.165, 1.54) is 49.3 Å². The zero-order valence-corrected chi connectivity index (χ0v) is 9.71. The van der Waals surface area contributed by atoms with E-state index in [1.54, 1.807) is 11.1 Å². The summed E-state index contributed by atoms with van der Waals surface area (Å²) >= 11 is 0. The Kier molecular flexibility index (Phi) is 2.65. The van der Waals surface area contributed by atoms with Crippen molar-refractivity contribution in [2.75, 3.05) is 0 Å². The monoisotopic (exact) mass is 210 g/mol. The first-order valence-corrected chi connectivity index (χ1v) is 6.45. The summed E-state index contributed by atoms with van der Waals surface area (Å²) in [4.78, 5) is 0. The summed E-state index contributed by atoms with van der Waals surface area (Å²) in [5, 5.41) is 2.89. The molecule has 0 heterocycles. The molecule has 0 heteroatoms. The molecule has 0 N–H and O–H groups in total. The van der Waals surface area contributed by atoms with Crippen molar-refractivity contribution in [3.63, 3.8) is 0 Å². The third-order valence-corrected chi connectivity index (χ3v) is 3.76. The molecule has 2 aromatic carbocycles. The van der Waals surface area contributed by atoms with Crippen LogP contribution in [0, 0.1) is 0 Å². The molecule has 0 nitrogen and oxygen atoms in total. The Hall–Kier alpha value is -1.30. The second kappa shape index (κ2) is 4.29. The molecular weight excluding hydrogens is 192 g/mol. The molecule has 82 valence electrons. The Balaban J connectivity index is 2.18. The minimum Gasteiger partial charge on any atom is -0.0616 e. The van der Waals surface area contributed by atoms with Gasteiger partial charge in [0.25, 0.3) is 0 Å². The fourth-order valence-corrected chi connectivity index (χ4v) is 2.88. The molecule has 16 heavy (non-hydrogen) atoms. The van der Waals surface area contributed by atoms with Crippen LogP contribution in [0.5, 0.6) is 0 Å². The number of rotatable bonds is 0. The normalized spacial score (nSPS) is 16.5. The lowest BCUT2D eigenvalue weighted by atomic mass is 9.89. The van der Waals surface area contributed by atoms with E-state index in [-0.39, 0.29) is 0 Å². The van der Waals surface area contributed by atoms with Crippen LogP contribution in [0.15, 0.2) is 36.4 Å². The second-order valence-electron chi connectivity index (χ2n) is 4.84. The molecule has 0 aliphatic heterocycles. The van der Waals surface area contributed by atoms with E-state index in [2.05, 4.69) is 36.4 Å². The highest BCUT2D eigenvalue weighted by Crippen LogP contribution is 2.27. The number of hydrogen-bond acceptors (Lipinski definition) is 0. The molecule has 0 saturated heterocycles. The van der Waals surface area contributed by atoms with Gasteiger partial charge >= 0.3 is 0 Å². The standard InChI is InChI=1S/C16H18/c1-2-4-9-15-13(7-3-1)11-12-14-8-5-6-10-16(14)15/h5-6,8,10-12H,1-4,7,9H2. The zero-order valence-electron chi connectivity index (χ0n) is 9.71. The zero-order chi connectivity index (χ0) is 10.8. The molecule has 3 rings (SSSR count).